The predicted molar refractivity (Wildman–Crippen MR) is 105 cm³/mol. The van der Waals surface area contributed by atoms with Crippen LogP contribution < -0.4 is 4.74 Å². The number of ketones is 1. The number of Topliss-reactive ketones (excluding diaryl/α,β-unsaturated/α-hetero) is 1. The Morgan fingerprint density at radius 3 is 2.31 bits per heavy atom. The average molecular weight is 348 g/mol. The van der Waals surface area contributed by atoms with E-state index >= 15 is 0 Å². The molecule has 26 heavy (non-hydrogen) atoms. The maximum Gasteiger partial charge on any atom is 0.143 e. The molecule has 2 heteroatoms. The standard InChI is InChI=1S/C24H28O2/c1-16(19-11-12-19)21-9-6-10-22(17(2)23(25)20-13-14-20)24(21)26-15-18-7-4-3-5-8-18/h3-10,16-17,19-20H,11-15H2,1-2H3. The summed E-state index contributed by atoms with van der Waals surface area (Å²) in [5.74, 6) is 2.78. The van der Waals surface area contributed by atoms with E-state index in [1.807, 2.05) is 18.2 Å². The lowest BCUT2D eigenvalue weighted by Gasteiger charge is -2.22. The fourth-order valence-corrected chi connectivity index (χ4v) is 3.89. The van der Waals surface area contributed by atoms with E-state index < -0.39 is 0 Å². The highest BCUT2D eigenvalue weighted by Crippen LogP contribution is 2.47. The molecule has 136 valence electrons. The second-order valence-corrected chi connectivity index (χ2v) is 8.06. The minimum absolute atomic E-state index is 0.0837. The van der Waals surface area contributed by atoms with Crippen LogP contribution in [0.4, 0.5) is 0 Å². The highest BCUT2D eigenvalue weighted by Gasteiger charge is 2.36. The van der Waals surface area contributed by atoms with E-state index in [-0.39, 0.29) is 11.8 Å². The molecule has 2 aromatic carbocycles. The lowest BCUT2D eigenvalue weighted by molar-refractivity contribution is -0.121. The molecular formula is C24H28O2. The molecule has 0 saturated heterocycles. The SMILES string of the molecule is CC(C(=O)C1CC1)c1cccc(C(C)C2CC2)c1OCc1ccccc1. The Bertz CT molecular complexity index is 772. The Morgan fingerprint density at radius 1 is 0.962 bits per heavy atom. The van der Waals surface area contributed by atoms with Crippen LogP contribution in [-0.4, -0.2) is 5.78 Å². The Labute approximate surface area is 156 Å². The van der Waals surface area contributed by atoms with E-state index in [9.17, 15) is 4.79 Å². The van der Waals surface area contributed by atoms with E-state index in [2.05, 4.69) is 44.2 Å². The first-order valence-electron chi connectivity index (χ1n) is 9.98. The maximum absolute atomic E-state index is 12.7. The smallest absolute Gasteiger partial charge is 0.143 e. The molecule has 2 aliphatic rings. The van der Waals surface area contributed by atoms with Gasteiger partial charge in [-0.2, -0.15) is 0 Å². The van der Waals surface area contributed by atoms with E-state index in [1.165, 1.54) is 18.4 Å². The van der Waals surface area contributed by atoms with Gasteiger partial charge in [0.05, 0.1) is 0 Å². The molecule has 0 heterocycles. The first kappa shape index (κ1) is 17.3. The zero-order valence-corrected chi connectivity index (χ0v) is 15.8. The molecule has 2 atom stereocenters. The summed E-state index contributed by atoms with van der Waals surface area (Å²) < 4.78 is 6.37. The first-order valence-corrected chi connectivity index (χ1v) is 9.98. The third kappa shape index (κ3) is 3.70. The van der Waals surface area contributed by atoms with Gasteiger partial charge in [-0.1, -0.05) is 62.4 Å². The topological polar surface area (TPSA) is 26.3 Å². The van der Waals surface area contributed by atoms with Gasteiger partial charge in [-0.25, -0.2) is 0 Å². The van der Waals surface area contributed by atoms with Gasteiger partial charge in [-0.15, -0.1) is 0 Å². The lowest BCUT2D eigenvalue weighted by atomic mass is 9.87. The van der Waals surface area contributed by atoms with E-state index in [0.717, 1.165) is 35.6 Å². The predicted octanol–water partition coefficient (Wildman–Crippen LogP) is 5.86. The molecule has 0 amide bonds. The molecule has 2 aliphatic carbocycles. The number of ether oxygens (including phenoxy) is 1. The number of hydrogen-bond acceptors (Lipinski definition) is 2. The van der Waals surface area contributed by atoms with Gasteiger partial charge in [0.25, 0.3) is 0 Å². The Morgan fingerprint density at radius 2 is 1.65 bits per heavy atom. The maximum atomic E-state index is 12.7. The van der Waals surface area contributed by atoms with Crippen LogP contribution in [0.2, 0.25) is 0 Å². The Balaban J connectivity index is 1.65. The third-order valence-corrected chi connectivity index (χ3v) is 5.99. The molecule has 0 N–H and O–H groups in total. The molecule has 2 unspecified atom stereocenters. The fraction of sp³-hybridized carbons (Fsp3) is 0.458. The quantitative estimate of drug-likeness (QED) is 0.597. The van der Waals surface area contributed by atoms with Crippen molar-refractivity contribution in [3.63, 3.8) is 0 Å². The van der Waals surface area contributed by atoms with Crippen LogP contribution in [0.1, 0.15) is 68.1 Å². The van der Waals surface area contributed by atoms with Crippen molar-refractivity contribution in [2.45, 2.75) is 58.0 Å². The number of carbonyl (C=O) groups excluding carboxylic acids is 1. The molecule has 0 radical (unpaired) electrons. The average Bonchev–Trinajstić information content (AvgIpc) is 3.58. The van der Waals surface area contributed by atoms with Gasteiger partial charge in [-0.05, 0) is 48.6 Å². The number of para-hydroxylation sites is 1. The van der Waals surface area contributed by atoms with Crippen molar-refractivity contribution in [3.05, 3.63) is 65.2 Å². The van der Waals surface area contributed by atoms with Crippen molar-refractivity contribution in [2.75, 3.05) is 0 Å². The van der Waals surface area contributed by atoms with Crippen LogP contribution in [0.5, 0.6) is 5.75 Å². The van der Waals surface area contributed by atoms with Gasteiger partial charge in [0.1, 0.15) is 18.1 Å². The Kier molecular flexibility index (Phi) is 4.84. The largest absolute Gasteiger partial charge is 0.488 e. The summed E-state index contributed by atoms with van der Waals surface area (Å²) in [5, 5.41) is 0. The van der Waals surface area contributed by atoms with Crippen LogP contribution in [0.3, 0.4) is 0 Å². The summed E-state index contributed by atoms with van der Waals surface area (Å²) in [6, 6.07) is 16.7. The molecule has 0 spiro atoms. The van der Waals surface area contributed by atoms with Gasteiger partial charge in [0.2, 0.25) is 0 Å². The number of carbonyl (C=O) groups is 1. The molecule has 0 aliphatic heterocycles. The zero-order valence-electron chi connectivity index (χ0n) is 15.8. The summed E-state index contributed by atoms with van der Waals surface area (Å²) in [4.78, 5) is 12.7. The highest BCUT2D eigenvalue weighted by atomic mass is 16.5. The minimum atomic E-state index is -0.0837. The number of hydrogen-bond donors (Lipinski definition) is 0. The van der Waals surface area contributed by atoms with Gasteiger partial charge >= 0.3 is 0 Å². The van der Waals surface area contributed by atoms with Crippen LogP contribution >= 0.6 is 0 Å². The monoisotopic (exact) mass is 348 g/mol. The molecule has 2 fully saturated rings. The molecule has 2 aromatic rings. The normalized spacial score (nSPS) is 19.0. The minimum Gasteiger partial charge on any atom is -0.488 e. The summed E-state index contributed by atoms with van der Waals surface area (Å²) >= 11 is 0. The second-order valence-electron chi connectivity index (χ2n) is 8.06. The van der Waals surface area contributed by atoms with Crippen LogP contribution in [0.25, 0.3) is 0 Å². The Hall–Kier alpha value is -2.09. The summed E-state index contributed by atoms with van der Waals surface area (Å²) in [6.07, 6.45) is 4.73. The lowest BCUT2D eigenvalue weighted by Crippen LogP contribution is -2.14. The van der Waals surface area contributed by atoms with Crippen molar-refractivity contribution < 1.29 is 9.53 Å². The third-order valence-electron chi connectivity index (χ3n) is 5.99. The molecule has 0 bridgehead atoms. The van der Waals surface area contributed by atoms with Crippen molar-refractivity contribution >= 4 is 5.78 Å². The number of benzene rings is 2. The van der Waals surface area contributed by atoms with E-state index in [4.69, 9.17) is 4.74 Å². The van der Waals surface area contributed by atoms with Crippen LogP contribution in [0.15, 0.2) is 48.5 Å². The molecule has 2 nitrogen and oxygen atoms in total. The van der Waals surface area contributed by atoms with Crippen molar-refractivity contribution in [1.82, 2.24) is 0 Å². The van der Waals surface area contributed by atoms with E-state index in [1.54, 1.807) is 0 Å². The van der Waals surface area contributed by atoms with Gasteiger partial charge in [-0.3, -0.25) is 4.79 Å². The molecule has 0 aromatic heterocycles. The van der Waals surface area contributed by atoms with Crippen LogP contribution in [-0.2, 0) is 11.4 Å². The molecular weight excluding hydrogens is 320 g/mol. The van der Waals surface area contributed by atoms with E-state index in [0.29, 0.717) is 18.3 Å². The van der Waals surface area contributed by atoms with Gasteiger partial charge in [0.15, 0.2) is 0 Å². The van der Waals surface area contributed by atoms with Crippen molar-refractivity contribution in [3.8, 4) is 5.75 Å². The summed E-state index contributed by atoms with van der Waals surface area (Å²) in [5.41, 5.74) is 3.51. The van der Waals surface area contributed by atoms with Crippen molar-refractivity contribution in [1.29, 1.82) is 0 Å². The zero-order chi connectivity index (χ0) is 18.1. The summed E-state index contributed by atoms with van der Waals surface area (Å²) in [7, 11) is 0. The molecule has 2 saturated carbocycles. The first-order chi connectivity index (χ1) is 12.6. The highest BCUT2D eigenvalue weighted by molar-refractivity contribution is 5.90. The van der Waals surface area contributed by atoms with Gasteiger partial charge < -0.3 is 4.74 Å². The molecule has 4 rings (SSSR count). The number of rotatable bonds is 8. The van der Waals surface area contributed by atoms with Gasteiger partial charge in [0, 0.05) is 17.4 Å². The second kappa shape index (κ2) is 7.26. The van der Waals surface area contributed by atoms with Crippen molar-refractivity contribution in [2.24, 2.45) is 11.8 Å². The summed E-state index contributed by atoms with van der Waals surface area (Å²) in [6.45, 7) is 4.91. The fourth-order valence-electron chi connectivity index (χ4n) is 3.89. The van der Waals surface area contributed by atoms with Crippen LogP contribution in [0, 0.1) is 11.8 Å².